The molecule has 3 atom stereocenters. The van der Waals surface area contributed by atoms with Crippen LogP contribution >= 0.6 is 0 Å². The molecule has 0 bridgehead atoms. The summed E-state index contributed by atoms with van der Waals surface area (Å²) >= 11 is 0. The molecule has 0 aliphatic rings. The molecule has 28 heavy (non-hydrogen) atoms. The molecule has 0 aromatic heterocycles. The van der Waals surface area contributed by atoms with Gasteiger partial charge in [0.2, 0.25) is 0 Å². The summed E-state index contributed by atoms with van der Waals surface area (Å²) in [6, 6.07) is 5.37. The summed E-state index contributed by atoms with van der Waals surface area (Å²) in [6.45, 7) is 6.09. The van der Waals surface area contributed by atoms with Gasteiger partial charge in [-0.1, -0.05) is 25.1 Å². The summed E-state index contributed by atoms with van der Waals surface area (Å²) < 4.78 is 74.8. The van der Waals surface area contributed by atoms with Crippen molar-refractivity contribution in [3.63, 3.8) is 0 Å². The van der Waals surface area contributed by atoms with Crippen LogP contribution in [0, 0.1) is 5.82 Å². The van der Waals surface area contributed by atoms with E-state index >= 15 is 0 Å². The first kappa shape index (κ1) is 24.6. The third kappa shape index (κ3) is 6.55. The van der Waals surface area contributed by atoms with Gasteiger partial charge in [0, 0.05) is 26.7 Å². The monoisotopic (exact) mass is 426 g/mol. The van der Waals surface area contributed by atoms with Crippen LogP contribution in [-0.2, 0) is 30.5 Å². The molecule has 0 saturated heterocycles. The fourth-order valence-corrected chi connectivity index (χ4v) is 3.90. The molecular weight excluding hydrogens is 400 g/mol. The van der Waals surface area contributed by atoms with Crippen molar-refractivity contribution in [2.24, 2.45) is 0 Å². The largest absolute Gasteiger partial charge is 0.464 e. The predicted molar refractivity (Wildman–Crippen MR) is 98.9 cm³/mol. The molecule has 160 valence electrons. The first-order chi connectivity index (χ1) is 12.7. The zero-order chi connectivity index (χ0) is 21.8. The normalized spacial score (nSPS) is 16.9. The Balaban J connectivity index is 3.51. The summed E-state index contributed by atoms with van der Waals surface area (Å²) in [5.41, 5.74) is -1.71. The van der Waals surface area contributed by atoms with Gasteiger partial charge in [-0.15, -0.1) is 0 Å². The third-order valence-electron chi connectivity index (χ3n) is 4.10. The Morgan fingerprint density at radius 3 is 2.18 bits per heavy atom. The second-order valence-corrected chi connectivity index (χ2v) is 9.76. The van der Waals surface area contributed by atoms with Crippen LogP contribution < -0.4 is 0 Å². The van der Waals surface area contributed by atoms with Crippen LogP contribution in [0.1, 0.15) is 40.2 Å². The maximum Gasteiger partial charge on any atom is 0.411 e. The van der Waals surface area contributed by atoms with Gasteiger partial charge in [0.25, 0.3) is 0 Å². The summed E-state index contributed by atoms with van der Waals surface area (Å²) in [5, 5.41) is 0. The van der Waals surface area contributed by atoms with Crippen molar-refractivity contribution in [1.82, 2.24) is 0 Å². The smallest absolute Gasteiger partial charge is 0.411 e. The molecule has 1 aromatic rings. The van der Waals surface area contributed by atoms with E-state index in [4.69, 9.17) is 9.47 Å². The van der Waals surface area contributed by atoms with Crippen molar-refractivity contribution in [2.75, 3.05) is 19.0 Å². The maximum atomic E-state index is 14.6. The molecule has 0 fully saturated rings. The van der Waals surface area contributed by atoms with E-state index in [0.29, 0.717) is 0 Å². The van der Waals surface area contributed by atoms with Crippen LogP contribution in [0.5, 0.6) is 0 Å². The Morgan fingerprint density at radius 2 is 1.71 bits per heavy atom. The lowest BCUT2D eigenvalue weighted by Gasteiger charge is -2.38. The lowest BCUT2D eigenvalue weighted by Crippen LogP contribution is -2.51. The van der Waals surface area contributed by atoms with Crippen LogP contribution in [0.3, 0.4) is 0 Å². The highest BCUT2D eigenvalue weighted by atomic mass is 32.2. The predicted octanol–water partition coefficient (Wildman–Crippen LogP) is 4.14. The van der Waals surface area contributed by atoms with Gasteiger partial charge in [-0.05, 0) is 39.3 Å². The molecule has 4 nitrogen and oxygen atoms in total. The number of ether oxygens (including phenoxy) is 2. The molecule has 0 aliphatic heterocycles. The second-order valence-electron chi connectivity index (χ2n) is 7.56. The van der Waals surface area contributed by atoms with Crippen molar-refractivity contribution < 1.29 is 36.0 Å². The molecule has 1 rings (SSSR count). The van der Waals surface area contributed by atoms with Crippen LogP contribution in [-0.4, -0.2) is 46.2 Å². The number of carbonyl (C=O) groups excluding carboxylic acids is 1. The molecule has 0 aliphatic carbocycles. The Bertz CT molecular complexity index is 700. The van der Waals surface area contributed by atoms with Gasteiger partial charge >= 0.3 is 12.1 Å². The van der Waals surface area contributed by atoms with Crippen molar-refractivity contribution in [2.45, 2.75) is 57.1 Å². The average molecular weight is 426 g/mol. The summed E-state index contributed by atoms with van der Waals surface area (Å²) in [7, 11) is -1.62. The summed E-state index contributed by atoms with van der Waals surface area (Å²) in [5.74, 6) is -2.09. The van der Waals surface area contributed by atoms with Crippen molar-refractivity contribution in [1.29, 1.82) is 0 Å². The minimum Gasteiger partial charge on any atom is -0.464 e. The summed E-state index contributed by atoms with van der Waals surface area (Å²) in [6.07, 6.45) is -6.50. The lowest BCUT2D eigenvalue weighted by molar-refractivity contribution is -0.200. The Hall–Kier alpha value is -1.48. The quantitative estimate of drug-likeness (QED) is 0.463. The molecule has 0 amide bonds. The first-order valence-electron chi connectivity index (χ1n) is 8.71. The van der Waals surface area contributed by atoms with E-state index in [1.54, 1.807) is 20.8 Å². The van der Waals surface area contributed by atoms with E-state index in [2.05, 4.69) is 0 Å². The number of hydrogen-bond donors (Lipinski definition) is 0. The molecule has 0 spiro atoms. The number of benzene rings is 1. The minimum atomic E-state index is -4.70. The third-order valence-corrected chi connectivity index (χ3v) is 6.32. The lowest BCUT2D eigenvalue weighted by atomic mass is 9.78. The number of hydrogen-bond acceptors (Lipinski definition) is 4. The number of esters is 1. The summed E-state index contributed by atoms with van der Waals surface area (Å²) in [4.78, 5) is 12.5. The molecule has 0 unspecified atom stereocenters. The van der Waals surface area contributed by atoms with E-state index in [1.807, 2.05) is 0 Å². The zero-order valence-corrected chi connectivity index (χ0v) is 17.4. The van der Waals surface area contributed by atoms with Crippen LogP contribution in [0.2, 0.25) is 0 Å². The fraction of sp³-hybridized carbons (Fsp3) is 0.632. The van der Waals surface area contributed by atoms with E-state index in [0.717, 1.165) is 6.07 Å². The molecule has 0 saturated carbocycles. The molecular formula is C19H26F4O4S. The van der Waals surface area contributed by atoms with E-state index in [9.17, 15) is 26.6 Å². The first-order valence-corrected chi connectivity index (χ1v) is 10.0. The van der Waals surface area contributed by atoms with Crippen molar-refractivity contribution in [3.8, 4) is 0 Å². The highest BCUT2D eigenvalue weighted by molar-refractivity contribution is 7.86. The number of carbonyl (C=O) groups is 1. The molecule has 0 N–H and O–H groups in total. The Morgan fingerprint density at radius 1 is 1.14 bits per heavy atom. The van der Waals surface area contributed by atoms with E-state index in [-0.39, 0.29) is 17.9 Å². The van der Waals surface area contributed by atoms with Gasteiger partial charge in [0.15, 0.2) is 6.10 Å². The van der Waals surface area contributed by atoms with E-state index < -0.39 is 51.6 Å². The average Bonchev–Trinajstić information content (AvgIpc) is 2.53. The topological polar surface area (TPSA) is 52.6 Å². The minimum absolute atomic E-state index is 0.0622. The zero-order valence-electron chi connectivity index (χ0n) is 16.6. The molecule has 0 radical (unpaired) electrons. The van der Waals surface area contributed by atoms with Gasteiger partial charge in [-0.25, -0.2) is 9.18 Å². The van der Waals surface area contributed by atoms with Crippen LogP contribution in [0.25, 0.3) is 0 Å². The number of alkyl halides is 3. The highest BCUT2D eigenvalue weighted by Gasteiger charge is 2.48. The fourth-order valence-electron chi connectivity index (χ4n) is 2.62. The Labute approximate surface area is 165 Å². The van der Waals surface area contributed by atoms with Gasteiger partial charge in [0.1, 0.15) is 12.4 Å². The van der Waals surface area contributed by atoms with Crippen LogP contribution in [0.4, 0.5) is 17.6 Å². The van der Waals surface area contributed by atoms with Crippen molar-refractivity contribution >= 4 is 16.8 Å². The number of rotatable bonds is 8. The molecule has 9 heteroatoms. The SMILES string of the molecule is CCOC(=O)[C@H](OCC(F)(F)F)[C@](C)(C[S@](=O)C(C)(C)C)c1ccccc1F. The molecule has 0 heterocycles. The maximum absolute atomic E-state index is 14.6. The Kier molecular flexibility index (Phi) is 8.20. The number of halogens is 4. The standard InChI is InChI=1S/C19H26F4O4S/c1-6-26-16(24)15(27-11-19(21,22)23)18(5,12-28(25)17(2,3)4)13-9-7-8-10-14(13)20/h7-10,15H,6,11-12H2,1-5H3/t15-,18+,28-/m0/s1. The van der Waals surface area contributed by atoms with Crippen LogP contribution in [0.15, 0.2) is 24.3 Å². The van der Waals surface area contributed by atoms with Gasteiger partial charge in [-0.2, -0.15) is 13.2 Å². The van der Waals surface area contributed by atoms with Gasteiger partial charge < -0.3 is 9.47 Å². The van der Waals surface area contributed by atoms with Gasteiger partial charge in [-0.3, -0.25) is 4.21 Å². The highest BCUT2D eigenvalue weighted by Crippen LogP contribution is 2.36. The molecule has 1 aromatic carbocycles. The van der Waals surface area contributed by atoms with Gasteiger partial charge in [0.05, 0.1) is 6.61 Å². The second kappa shape index (κ2) is 9.35. The van der Waals surface area contributed by atoms with E-state index in [1.165, 1.54) is 32.0 Å². The van der Waals surface area contributed by atoms with Crippen molar-refractivity contribution in [3.05, 3.63) is 35.6 Å².